The van der Waals surface area contributed by atoms with Crippen molar-refractivity contribution in [1.29, 1.82) is 0 Å². The smallest absolute Gasteiger partial charge is 0.254 e. The summed E-state index contributed by atoms with van der Waals surface area (Å²) < 4.78 is 0. The number of halogens is 2. The summed E-state index contributed by atoms with van der Waals surface area (Å²) in [7, 11) is 0. The molecular formula is C13H16Cl2N2OS. The first-order valence-corrected chi connectivity index (χ1v) is 7.77. The minimum absolute atomic E-state index is 0.0377. The van der Waals surface area contributed by atoms with Crippen LogP contribution in [0.4, 0.5) is 5.69 Å². The fourth-order valence-corrected chi connectivity index (χ4v) is 3.92. The van der Waals surface area contributed by atoms with Gasteiger partial charge in [0, 0.05) is 29.2 Å². The van der Waals surface area contributed by atoms with Crippen LogP contribution in [0.5, 0.6) is 0 Å². The Morgan fingerprint density at radius 1 is 1.32 bits per heavy atom. The van der Waals surface area contributed by atoms with Crippen LogP contribution in [0.3, 0.4) is 0 Å². The Morgan fingerprint density at radius 3 is 2.42 bits per heavy atom. The number of nitrogens with zero attached hydrogens (tertiary/aromatic N) is 1. The van der Waals surface area contributed by atoms with Gasteiger partial charge in [-0.25, -0.2) is 0 Å². The predicted octanol–water partition coefficient (Wildman–Crippen LogP) is 3.54. The summed E-state index contributed by atoms with van der Waals surface area (Å²) in [5.41, 5.74) is 6.59. The minimum atomic E-state index is -0.0377. The Hall–Kier alpha value is -0.580. The third-order valence-corrected chi connectivity index (χ3v) is 5.05. The minimum Gasteiger partial charge on any atom is -0.397 e. The maximum Gasteiger partial charge on any atom is 0.254 e. The van der Waals surface area contributed by atoms with Gasteiger partial charge in [0.2, 0.25) is 0 Å². The molecule has 2 atom stereocenters. The first kappa shape index (κ1) is 14.8. The van der Waals surface area contributed by atoms with E-state index in [-0.39, 0.29) is 5.91 Å². The Morgan fingerprint density at radius 2 is 1.89 bits per heavy atom. The van der Waals surface area contributed by atoms with E-state index in [4.69, 9.17) is 28.9 Å². The average molecular weight is 319 g/mol. The topological polar surface area (TPSA) is 46.3 Å². The van der Waals surface area contributed by atoms with Crippen LogP contribution in [0.25, 0.3) is 0 Å². The molecule has 0 saturated carbocycles. The zero-order valence-electron chi connectivity index (χ0n) is 10.8. The lowest BCUT2D eigenvalue weighted by Crippen LogP contribution is -2.44. The molecule has 2 rings (SSSR count). The van der Waals surface area contributed by atoms with Crippen LogP contribution in [0.2, 0.25) is 10.0 Å². The fraction of sp³-hybridized carbons (Fsp3) is 0.462. The van der Waals surface area contributed by atoms with Gasteiger partial charge in [0.25, 0.3) is 5.91 Å². The molecule has 1 aromatic rings. The lowest BCUT2D eigenvalue weighted by Gasteiger charge is -2.34. The van der Waals surface area contributed by atoms with E-state index < -0.39 is 0 Å². The lowest BCUT2D eigenvalue weighted by atomic mass is 10.1. The van der Waals surface area contributed by atoms with Crippen LogP contribution in [-0.2, 0) is 0 Å². The standard InChI is InChI=1S/C13H16Cl2N2OS/c1-7-5-17(6-8(2)19-7)13(18)9-3-10(14)12(15)11(16)4-9/h3-4,7-8H,5-6,16H2,1-2H3. The van der Waals surface area contributed by atoms with Crippen molar-refractivity contribution in [1.82, 2.24) is 4.90 Å². The second-order valence-electron chi connectivity index (χ2n) is 4.83. The maximum atomic E-state index is 12.5. The highest BCUT2D eigenvalue weighted by Crippen LogP contribution is 2.31. The average Bonchev–Trinajstić information content (AvgIpc) is 2.33. The number of hydrogen-bond donors (Lipinski definition) is 1. The van der Waals surface area contributed by atoms with Gasteiger partial charge in [-0.15, -0.1) is 0 Å². The van der Waals surface area contributed by atoms with Crippen LogP contribution < -0.4 is 5.73 Å². The van der Waals surface area contributed by atoms with Crippen molar-refractivity contribution >= 4 is 46.6 Å². The van der Waals surface area contributed by atoms with E-state index in [2.05, 4.69) is 13.8 Å². The zero-order valence-corrected chi connectivity index (χ0v) is 13.1. The van der Waals surface area contributed by atoms with Crippen LogP contribution in [-0.4, -0.2) is 34.4 Å². The number of amides is 1. The van der Waals surface area contributed by atoms with Crippen LogP contribution in [0.1, 0.15) is 24.2 Å². The van der Waals surface area contributed by atoms with Gasteiger partial charge in [-0.3, -0.25) is 4.79 Å². The van der Waals surface area contributed by atoms with Crippen molar-refractivity contribution in [3.05, 3.63) is 27.7 Å². The van der Waals surface area contributed by atoms with E-state index in [0.717, 1.165) is 13.1 Å². The van der Waals surface area contributed by atoms with Crippen LogP contribution in [0, 0.1) is 0 Å². The number of carbonyl (C=O) groups excluding carboxylic acids is 1. The molecule has 0 bridgehead atoms. The third kappa shape index (κ3) is 3.30. The first-order chi connectivity index (χ1) is 8.88. The highest BCUT2D eigenvalue weighted by atomic mass is 35.5. The van der Waals surface area contributed by atoms with Crippen molar-refractivity contribution in [2.24, 2.45) is 0 Å². The molecule has 2 unspecified atom stereocenters. The van der Waals surface area contributed by atoms with Gasteiger partial charge in [0.05, 0.1) is 15.7 Å². The fourth-order valence-electron chi connectivity index (χ4n) is 2.26. The Bertz CT molecular complexity index is 476. The Labute approximate surface area is 127 Å². The van der Waals surface area contributed by atoms with E-state index in [1.807, 2.05) is 16.7 Å². The summed E-state index contributed by atoms with van der Waals surface area (Å²) in [6.45, 7) is 5.75. The first-order valence-electron chi connectivity index (χ1n) is 6.07. The van der Waals surface area contributed by atoms with E-state index in [1.54, 1.807) is 12.1 Å². The van der Waals surface area contributed by atoms with Crippen molar-refractivity contribution in [3.8, 4) is 0 Å². The van der Waals surface area contributed by atoms with E-state index in [1.165, 1.54) is 0 Å². The molecule has 104 valence electrons. The van der Waals surface area contributed by atoms with Crippen molar-refractivity contribution in [3.63, 3.8) is 0 Å². The molecule has 3 nitrogen and oxygen atoms in total. The second kappa shape index (κ2) is 5.81. The van der Waals surface area contributed by atoms with Gasteiger partial charge in [0.15, 0.2) is 0 Å². The van der Waals surface area contributed by atoms with E-state index >= 15 is 0 Å². The van der Waals surface area contributed by atoms with E-state index in [0.29, 0.717) is 31.8 Å². The normalized spacial score (nSPS) is 23.5. The molecule has 1 aliphatic rings. The summed E-state index contributed by atoms with van der Waals surface area (Å²) >= 11 is 13.8. The lowest BCUT2D eigenvalue weighted by molar-refractivity contribution is 0.0753. The third-order valence-electron chi connectivity index (χ3n) is 3.01. The Balaban J connectivity index is 2.24. The summed E-state index contributed by atoms with van der Waals surface area (Å²) in [4.78, 5) is 14.3. The van der Waals surface area contributed by atoms with Crippen LogP contribution in [0.15, 0.2) is 12.1 Å². The number of anilines is 1. The van der Waals surface area contributed by atoms with Crippen molar-refractivity contribution in [2.45, 2.75) is 24.3 Å². The molecule has 0 aliphatic carbocycles. The quantitative estimate of drug-likeness (QED) is 0.805. The molecule has 19 heavy (non-hydrogen) atoms. The molecule has 1 aromatic carbocycles. The molecule has 2 N–H and O–H groups in total. The number of hydrogen-bond acceptors (Lipinski definition) is 3. The second-order valence-corrected chi connectivity index (χ2v) is 7.50. The van der Waals surface area contributed by atoms with Gasteiger partial charge < -0.3 is 10.6 Å². The molecule has 1 heterocycles. The number of nitrogen functional groups attached to an aromatic ring is 1. The number of nitrogens with two attached hydrogens (primary N) is 1. The van der Waals surface area contributed by atoms with Crippen molar-refractivity contribution < 1.29 is 4.79 Å². The molecule has 1 saturated heterocycles. The largest absolute Gasteiger partial charge is 0.397 e. The SMILES string of the molecule is CC1CN(C(=O)c2cc(N)c(Cl)c(Cl)c2)CC(C)S1. The molecule has 1 aliphatic heterocycles. The summed E-state index contributed by atoms with van der Waals surface area (Å²) in [5.74, 6) is -0.0377. The van der Waals surface area contributed by atoms with Gasteiger partial charge >= 0.3 is 0 Å². The van der Waals surface area contributed by atoms with Gasteiger partial charge in [-0.2, -0.15) is 11.8 Å². The van der Waals surface area contributed by atoms with Crippen LogP contribution >= 0.6 is 35.0 Å². The number of benzene rings is 1. The number of rotatable bonds is 1. The molecule has 1 fully saturated rings. The summed E-state index contributed by atoms with van der Waals surface area (Å²) in [6.07, 6.45) is 0. The summed E-state index contributed by atoms with van der Waals surface area (Å²) in [5, 5.41) is 1.49. The maximum absolute atomic E-state index is 12.5. The molecule has 0 aromatic heterocycles. The highest BCUT2D eigenvalue weighted by Gasteiger charge is 2.27. The predicted molar refractivity (Wildman–Crippen MR) is 83.3 cm³/mol. The van der Waals surface area contributed by atoms with Gasteiger partial charge in [0.1, 0.15) is 0 Å². The molecule has 1 amide bonds. The molecule has 6 heteroatoms. The Kier molecular flexibility index (Phi) is 4.54. The molecule has 0 radical (unpaired) electrons. The van der Waals surface area contributed by atoms with Crippen molar-refractivity contribution in [2.75, 3.05) is 18.8 Å². The highest BCUT2D eigenvalue weighted by molar-refractivity contribution is 8.00. The molecule has 0 spiro atoms. The number of carbonyl (C=O) groups is 1. The van der Waals surface area contributed by atoms with E-state index in [9.17, 15) is 4.79 Å². The summed E-state index contributed by atoms with van der Waals surface area (Å²) in [6, 6.07) is 3.17. The van der Waals surface area contributed by atoms with Gasteiger partial charge in [-0.05, 0) is 12.1 Å². The van der Waals surface area contributed by atoms with Gasteiger partial charge in [-0.1, -0.05) is 37.0 Å². The number of thioether (sulfide) groups is 1. The molecular weight excluding hydrogens is 303 g/mol. The zero-order chi connectivity index (χ0) is 14.2. The monoisotopic (exact) mass is 318 g/mol.